The summed E-state index contributed by atoms with van der Waals surface area (Å²) < 4.78 is 14.7. The Hall–Kier alpha value is -3.25. The van der Waals surface area contributed by atoms with Crippen LogP contribution in [0.3, 0.4) is 0 Å². The van der Waals surface area contributed by atoms with Crippen LogP contribution in [0.15, 0.2) is 42.5 Å². The summed E-state index contributed by atoms with van der Waals surface area (Å²) in [6, 6.07) is 14.2. The van der Waals surface area contributed by atoms with Gasteiger partial charge in [-0.2, -0.15) is 5.26 Å². The summed E-state index contributed by atoms with van der Waals surface area (Å²) in [6.07, 6.45) is 0.960. The van der Waals surface area contributed by atoms with Crippen molar-refractivity contribution in [3.05, 3.63) is 70.5 Å². The molecule has 2 aromatic rings. The molecule has 178 valence electrons. The number of β-amino-alcohol motifs (C(OH)–C–C–N with tert-alkyl or cyclic N) is 1. The van der Waals surface area contributed by atoms with E-state index in [9.17, 15) is 19.6 Å². The highest BCUT2D eigenvalue weighted by molar-refractivity contribution is 6.02. The number of piperidine rings is 1. The average molecular weight is 464 g/mol. The Balaban J connectivity index is 1.92. The number of carbonyl (C=O) groups excluding carboxylic acids is 1. The van der Waals surface area contributed by atoms with E-state index in [1.165, 1.54) is 12.1 Å². The van der Waals surface area contributed by atoms with Gasteiger partial charge in [0.25, 0.3) is 5.91 Å². The molecule has 2 heterocycles. The lowest BCUT2D eigenvalue weighted by Crippen LogP contribution is -2.61. The van der Waals surface area contributed by atoms with E-state index in [1.807, 2.05) is 49.2 Å². The van der Waals surface area contributed by atoms with Gasteiger partial charge in [-0.3, -0.25) is 9.69 Å². The summed E-state index contributed by atoms with van der Waals surface area (Å²) >= 11 is 0. The fraction of sp³-hybridized carbons (Fsp3) is 0.385. The first-order valence-corrected chi connectivity index (χ1v) is 11.5. The van der Waals surface area contributed by atoms with Crippen LogP contribution >= 0.6 is 0 Å². The van der Waals surface area contributed by atoms with Crippen molar-refractivity contribution >= 4 is 17.3 Å². The Bertz CT molecular complexity index is 1130. The molecule has 0 bridgehead atoms. The maximum Gasteiger partial charge on any atom is 0.265 e. The second-order valence-corrected chi connectivity index (χ2v) is 8.94. The molecule has 2 aromatic carbocycles. The van der Waals surface area contributed by atoms with Crippen LogP contribution < -0.4 is 5.73 Å². The van der Waals surface area contributed by atoms with Gasteiger partial charge in [-0.05, 0) is 31.9 Å². The molecule has 0 radical (unpaired) electrons. The Morgan fingerprint density at radius 1 is 1.12 bits per heavy atom. The molecule has 4 rings (SSSR count). The number of aryl methyl sites for hydroxylation is 1. The number of halogens is 1. The van der Waals surface area contributed by atoms with Crippen LogP contribution in [0.2, 0.25) is 0 Å². The molecular weight excluding hydrogens is 433 g/mol. The number of hydrogen-bond acceptors (Lipinski definition) is 6. The molecule has 0 aromatic heterocycles. The summed E-state index contributed by atoms with van der Waals surface area (Å²) in [4.78, 5) is 19.4. The predicted molar refractivity (Wildman–Crippen MR) is 128 cm³/mol. The molecule has 3 N–H and O–H groups in total. The van der Waals surface area contributed by atoms with Gasteiger partial charge in [-0.15, -0.1) is 0 Å². The van der Waals surface area contributed by atoms with Crippen molar-refractivity contribution in [3.8, 4) is 6.07 Å². The van der Waals surface area contributed by atoms with Crippen LogP contribution in [0.5, 0.6) is 0 Å². The van der Waals surface area contributed by atoms with Crippen molar-refractivity contribution in [2.24, 2.45) is 5.73 Å². The fourth-order valence-electron chi connectivity index (χ4n) is 4.82. The Morgan fingerprint density at radius 3 is 2.35 bits per heavy atom. The third-order valence-corrected chi connectivity index (χ3v) is 6.63. The summed E-state index contributed by atoms with van der Waals surface area (Å²) in [5.74, 6) is -0.754. The molecule has 8 heteroatoms. The van der Waals surface area contributed by atoms with E-state index < -0.39 is 12.0 Å². The molecule has 0 spiro atoms. The first-order valence-electron chi connectivity index (χ1n) is 11.5. The molecule has 0 unspecified atom stereocenters. The minimum absolute atomic E-state index is 0.0374. The summed E-state index contributed by atoms with van der Waals surface area (Å²) in [5.41, 5.74) is 9.75. The van der Waals surface area contributed by atoms with Gasteiger partial charge in [0.15, 0.2) is 6.17 Å². The fourth-order valence-corrected chi connectivity index (χ4v) is 4.82. The normalized spacial score (nSPS) is 20.1. The zero-order valence-corrected chi connectivity index (χ0v) is 19.5. The van der Waals surface area contributed by atoms with E-state index in [1.54, 1.807) is 11.0 Å². The van der Waals surface area contributed by atoms with E-state index in [0.29, 0.717) is 30.0 Å². The quantitative estimate of drug-likeness (QED) is 0.707. The number of carbonyl (C=O) groups is 1. The van der Waals surface area contributed by atoms with Gasteiger partial charge in [0.1, 0.15) is 11.9 Å². The highest BCUT2D eigenvalue weighted by atomic mass is 19.1. The summed E-state index contributed by atoms with van der Waals surface area (Å²) in [5, 5.41) is 19.1. The summed E-state index contributed by atoms with van der Waals surface area (Å²) in [7, 11) is 1.84. The number of amides is 1. The van der Waals surface area contributed by atoms with E-state index in [2.05, 4.69) is 4.90 Å². The first kappa shape index (κ1) is 23.9. The number of rotatable bonds is 5. The van der Waals surface area contributed by atoms with Gasteiger partial charge >= 0.3 is 0 Å². The molecule has 34 heavy (non-hydrogen) atoms. The van der Waals surface area contributed by atoms with Gasteiger partial charge in [-0.1, -0.05) is 35.9 Å². The van der Waals surface area contributed by atoms with E-state index in [-0.39, 0.29) is 30.7 Å². The van der Waals surface area contributed by atoms with Crippen molar-refractivity contribution < 1.29 is 14.3 Å². The molecule has 1 fully saturated rings. The molecule has 0 saturated carbocycles. The number of nitrogens with two attached hydrogens (primary N) is 1. The molecule has 7 nitrogen and oxygen atoms in total. The third-order valence-electron chi connectivity index (χ3n) is 6.63. The standard InChI is InChI=1S/C26H30FN5O2/c1-17-3-5-18(6-4-17)24-23(19-7-8-20(16-28)22(27)15-19)30(2)25(26(34)32(24)13-14-33)31-11-9-21(29)10-12-31/h3-8,15,21,25,33H,9-14,29H2,1-2H3/t25-/m0/s1. The Labute approximate surface area is 199 Å². The lowest BCUT2D eigenvalue weighted by Gasteiger charge is -2.48. The third kappa shape index (κ3) is 4.42. The monoisotopic (exact) mass is 463 g/mol. The predicted octanol–water partition coefficient (Wildman–Crippen LogP) is 2.35. The van der Waals surface area contributed by atoms with Crippen LogP contribution in [-0.2, 0) is 4.79 Å². The molecule has 1 amide bonds. The lowest BCUT2D eigenvalue weighted by atomic mass is 9.96. The SMILES string of the molecule is Cc1ccc(C2=C(c3ccc(C#N)c(F)c3)N(C)[C@@H](N3CCC(N)CC3)C(=O)N2CCO)cc1. The van der Waals surface area contributed by atoms with Gasteiger partial charge < -0.3 is 20.6 Å². The summed E-state index contributed by atoms with van der Waals surface area (Å²) in [6.45, 7) is 3.22. The number of aliphatic hydroxyl groups is 1. The van der Waals surface area contributed by atoms with Crippen molar-refractivity contribution in [1.29, 1.82) is 5.26 Å². The number of hydrogen-bond donors (Lipinski definition) is 2. The number of aliphatic hydroxyl groups excluding tert-OH is 1. The molecule has 1 atom stereocenters. The maximum atomic E-state index is 14.7. The van der Waals surface area contributed by atoms with Crippen LogP contribution in [0.4, 0.5) is 4.39 Å². The van der Waals surface area contributed by atoms with Crippen LogP contribution in [0, 0.1) is 24.1 Å². The van der Waals surface area contributed by atoms with Crippen LogP contribution in [0.25, 0.3) is 11.4 Å². The lowest BCUT2D eigenvalue weighted by molar-refractivity contribution is -0.140. The minimum Gasteiger partial charge on any atom is -0.395 e. The number of likely N-dealkylation sites (tertiary alicyclic amines) is 1. The van der Waals surface area contributed by atoms with Crippen molar-refractivity contribution in [2.45, 2.75) is 32.0 Å². The van der Waals surface area contributed by atoms with Crippen molar-refractivity contribution in [1.82, 2.24) is 14.7 Å². The van der Waals surface area contributed by atoms with Crippen LogP contribution in [-0.4, -0.2) is 71.2 Å². The number of benzene rings is 2. The van der Waals surface area contributed by atoms with E-state index >= 15 is 0 Å². The zero-order chi connectivity index (χ0) is 24.4. The average Bonchev–Trinajstić information content (AvgIpc) is 2.82. The smallest absolute Gasteiger partial charge is 0.265 e. The minimum atomic E-state index is -0.615. The second kappa shape index (κ2) is 9.94. The van der Waals surface area contributed by atoms with Gasteiger partial charge in [-0.25, -0.2) is 4.39 Å². The topological polar surface area (TPSA) is 96.8 Å². The molecule has 0 aliphatic carbocycles. The van der Waals surface area contributed by atoms with E-state index in [4.69, 9.17) is 5.73 Å². The van der Waals surface area contributed by atoms with Gasteiger partial charge in [0.2, 0.25) is 0 Å². The van der Waals surface area contributed by atoms with Crippen LogP contribution in [0.1, 0.15) is 35.1 Å². The van der Waals surface area contributed by atoms with Gasteiger partial charge in [0, 0.05) is 43.9 Å². The second-order valence-electron chi connectivity index (χ2n) is 8.94. The number of nitriles is 1. The molecule has 2 aliphatic rings. The molecule has 2 aliphatic heterocycles. The Morgan fingerprint density at radius 2 is 1.76 bits per heavy atom. The van der Waals surface area contributed by atoms with E-state index in [0.717, 1.165) is 24.0 Å². The highest BCUT2D eigenvalue weighted by Crippen LogP contribution is 2.39. The largest absolute Gasteiger partial charge is 0.395 e. The molecule has 1 saturated heterocycles. The van der Waals surface area contributed by atoms with Crippen molar-refractivity contribution in [3.63, 3.8) is 0 Å². The number of nitrogens with zero attached hydrogens (tertiary/aromatic N) is 4. The number of likely N-dealkylation sites (N-methyl/N-ethyl adjacent to an activating group) is 1. The highest BCUT2D eigenvalue weighted by Gasteiger charge is 2.43. The molecular formula is C26H30FN5O2. The zero-order valence-electron chi connectivity index (χ0n) is 19.5. The maximum absolute atomic E-state index is 14.7. The van der Waals surface area contributed by atoms with Crippen molar-refractivity contribution in [2.75, 3.05) is 33.3 Å². The Kier molecular flexibility index (Phi) is 6.98. The first-order chi connectivity index (χ1) is 16.3. The van der Waals surface area contributed by atoms with Gasteiger partial charge in [0.05, 0.1) is 23.6 Å².